The average Bonchev–Trinajstić information content (AvgIpc) is 3.21. The molecule has 4 aliphatic rings. The molecule has 2 aliphatic heterocycles. The van der Waals surface area contributed by atoms with E-state index >= 15 is 0 Å². The molecule has 234 valence electrons. The lowest BCUT2D eigenvalue weighted by molar-refractivity contribution is -0.116. The summed E-state index contributed by atoms with van der Waals surface area (Å²) in [4.78, 5) is 47.7. The summed E-state index contributed by atoms with van der Waals surface area (Å²) in [6, 6.07) is 4.67. The standard InChI is InChI=1S/C36H46N4O4/c1-17(2)39-19(5)35(9,10)25-13-23(27(15-29(25)39)37-21(7)41)31-33(43)32(34(31)44)24-14-26-30(16-28(24)38-22(8)42)40(18(3)4)20(6)36(26,11)12/h13-20,43H,1-12H3,(H,37,41). The number of aliphatic hydroxyl groups excluding tert-OH is 1. The van der Waals surface area contributed by atoms with Gasteiger partial charge in [0.25, 0.3) is 0 Å². The molecule has 0 aromatic heterocycles. The minimum atomic E-state index is -0.388. The number of aliphatic imine (C=N–C) groups is 1. The average molecular weight is 599 g/mol. The number of ketones is 1. The Morgan fingerprint density at radius 2 is 1.50 bits per heavy atom. The predicted octanol–water partition coefficient (Wildman–Crippen LogP) is 6.64. The number of hydrogen-bond donors (Lipinski definition) is 2. The number of aliphatic hydroxyl groups is 1. The zero-order valence-corrected chi connectivity index (χ0v) is 28.1. The Balaban J connectivity index is 1.74. The van der Waals surface area contributed by atoms with Crippen LogP contribution in [-0.4, -0.2) is 57.5 Å². The van der Waals surface area contributed by atoms with E-state index in [2.05, 4.69) is 89.3 Å². The fourth-order valence-corrected chi connectivity index (χ4v) is 7.50. The lowest BCUT2D eigenvalue weighted by Crippen LogP contribution is -2.42. The fourth-order valence-electron chi connectivity index (χ4n) is 7.50. The maximum Gasteiger partial charge on any atom is 0.243 e. The molecule has 2 aliphatic carbocycles. The molecule has 44 heavy (non-hydrogen) atoms. The summed E-state index contributed by atoms with van der Waals surface area (Å²) >= 11 is 0. The number of carbonyl (C=O) groups is 3. The summed E-state index contributed by atoms with van der Waals surface area (Å²) < 4.78 is 0. The molecular formula is C36H46N4O4. The highest BCUT2D eigenvalue weighted by Gasteiger charge is 2.49. The molecule has 2 unspecified atom stereocenters. The Morgan fingerprint density at radius 3 is 2.02 bits per heavy atom. The van der Waals surface area contributed by atoms with Gasteiger partial charge in [-0.2, -0.15) is 0 Å². The van der Waals surface area contributed by atoms with Gasteiger partial charge in [0.1, 0.15) is 5.76 Å². The highest BCUT2D eigenvalue weighted by atomic mass is 16.3. The van der Waals surface area contributed by atoms with Gasteiger partial charge >= 0.3 is 0 Å². The second-order valence-corrected chi connectivity index (χ2v) is 14.3. The van der Waals surface area contributed by atoms with E-state index in [-0.39, 0.29) is 69.5 Å². The van der Waals surface area contributed by atoms with Gasteiger partial charge in [0.15, 0.2) is 0 Å². The smallest absolute Gasteiger partial charge is 0.243 e. The number of allylic oxidation sites excluding steroid dienone is 6. The molecule has 2 amide bonds. The molecule has 0 radical (unpaired) electrons. The minimum absolute atomic E-state index is 0.139. The van der Waals surface area contributed by atoms with Crippen molar-refractivity contribution in [1.82, 2.24) is 4.90 Å². The molecule has 8 nitrogen and oxygen atoms in total. The van der Waals surface area contributed by atoms with E-state index in [9.17, 15) is 19.5 Å². The monoisotopic (exact) mass is 598 g/mol. The number of amides is 2. The van der Waals surface area contributed by atoms with Crippen molar-refractivity contribution in [2.24, 2.45) is 10.4 Å². The van der Waals surface area contributed by atoms with Crippen LogP contribution in [0.5, 0.6) is 0 Å². The Morgan fingerprint density at radius 1 is 0.909 bits per heavy atom. The first-order valence-electron chi connectivity index (χ1n) is 15.6. The zero-order chi connectivity index (χ0) is 32.8. The van der Waals surface area contributed by atoms with E-state index in [0.717, 1.165) is 22.5 Å². The van der Waals surface area contributed by atoms with E-state index in [0.29, 0.717) is 22.5 Å². The van der Waals surface area contributed by atoms with E-state index in [1.807, 2.05) is 24.3 Å². The number of carbonyl (C=O) groups excluding carboxylic acids is 3. The van der Waals surface area contributed by atoms with Crippen molar-refractivity contribution in [2.75, 3.05) is 10.2 Å². The molecular weight excluding hydrogens is 552 g/mol. The van der Waals surface area contributed by atoms with Gasteiger partial charge < -0.3 is 20.2 Å². The third kappa shape index (κ3) is 4.48. The first-order chi connectivity index (χ1) is 20.3. The number of hydrogen-bond acceptors (Lipinski definition) is 6. The number of nitrogens with one attached hydrogen (secondary N) is 1. The normalized spacial score (nSPS) is 26.2. The van der Waals surface area contributed by atoms with E-state index in [4.69, 9.17) is 0 Å². The zero-order valence-electron chi connectivity index (χ0n) is 28.1. The second-order valence-electron chi connectivity index (χ2n) is 14.3. The van der Waals surface area contributed by atoms with Gasteiger partial charge in [0.2, 0.25) is 17.6 Å². The third-order valence-corrected chi connectivity index (χ3v) is 10.3. The van der Waals surface area contributed by atoms with E-state index < -0.39 is 0 Å². The number of Topliss-reactive ketones (excluding diaryl/α,β-unsaturated/α-hetero) is 1. The van der Waals surface area contributed by atoms with Gasteiger partial charge in [0, 0.05) is 71.4 Å². The van der Waals surface area contributed by atoms with Gasteiger partial charge in [-0.3, -0.25) is 14.4 Å². The number of fused-ring (bicyclic) bond motifs is 2. The number of nitrogens with zero attached hydrogens (tertiary/aromatic N) is 3. The van der Waals surface area contributed by atoms with Crippen molar-refractivity contribution >= 4 is 40.3 Å². The molecule has 1 fully saturated rings. The number of anilines is 2. The van der Waals surface area contributed by atoms with Gasteiger partial charge in [-0.05, 0) is 77.0 Å². The minimum Gasteiger partial charge on any atom is -0.506 e. The van der Waals surface area contributed by atoms with Crippen LogP contribution in [0.4, 0.5) is 11.4 Å². The Labute approximate surface area is 261 Å². The first kappa shape index (κ1) is 31.5. The summed E-state index contributed by atoms with van der Waals surface area (Å²) in [5.74, 6) is -1.16. The van der Waals surface area contributed by atoms with Crippen LogP contribution < -0.4 is 10.2 Å². The number of benzene rings is 1. The van der Waals surface area contributed by atoms with Crippen molar-refractivity contribution in [1.29, 1.82) is 0 Å². The van der Waals surface area contributed by atoms with Crippen LogP contribution in [-0.2, 0) is 19.8 Å². The van der Waals surface area contributed by atoms with E-state index in [1.165, 1.54) is 13.8 Å². The van der Waals surface area contributed by atoms with Crippen LogP contribution in [0.2, 0.25) is 0 Å². The topological polar surface area (TPSA) is 102 Å². The lowest BCUT2D eigenvalue weighted by atomic mass is 9.73. The second kappa shape index (κ2) is 10.3. The van der Waals surface area contributed by atoms with Crippen LogP contribution in [0.1, 0.15) is 94.2 Å². The van der Waals surface area contributed by atoms with Crippen LogP contribution in [0.3, 0.4) is 0 Å². The fraction of sp³-hybridized carbons (Fsp3) is 0.500. The number of likely N-dealkylation sites (tertiary alicyclic amines) is 1. The molecule has 0 saturated carbocycles. The van der Waals surface area contributed by atoms with Crippen LogP contribution in [0, 0.1) is 5.41 Å². The van der Waals surface area contributed by atoms with Crippen LogP contribution >= 0.6 is 0 Å². The van der Waals surface area contributed by atoms with Crippen LogP contribution in [0.25, 0.3) is 5.57 Å². The molecule has 2 atom stereocenters. The van der Waals surface area contributed by atoms with Crippen LogP contribution in [0.15, 0.2) is 57.5 Å². The van der Waals surface area contributed by atoms with Crippen molar-refractivity contribution in [3.05, 3.63) is 63.6 Å². The summed E-state index contributed by atoms with van der Waals surface area (Å²) in [6.07, 6.45) is 3.81. The Bertz CT molecular complexity index is 1660. The summed E-state index contributed by atoms with van der Waals surface area (Å²) in [6.45, 7) is 24.4. The van der Waals surface area contributed by atoms with Crippen molar-refractivity contribution in [3.63, 3.8) is 0 Å². The maximum absolute atomic E-state index is 14.1. The van der Waals surface area contributed by atoms with Gasteiger partial charge in [0.05, 0.1) is 22.5 Å². The quantitative estimate of drug-likeness (QED) is 0.377. The van der Waals surface area contributed by atoms with Crippen molar-refractivity contribution in [2.45, 2.75) is 113 Å². The molecule has 1 aromatic rings. The molecule has 8 heteroatoms. The Kier molecular flexibility index (Phi) is 7.38. The molecule has 0 bridgehead atoms. The summed E-state index contributed by atoms with van der Waals surface area (Å²) in [5, 5.41) is 14.6. The third-order valence-electron chi connectivity index (χ3n) is 10.3. The molecule has 1 aromatic carbocycles. The molecule has 1 saturated heterocycles. The van der Waals surface area contributed by atoms with Crippen molar-refractivity contribution < 1.29 is 19.5 Å². The number of rotatable bonds is 4. The summed E-state index contributed by atoms with van der Waals surface area (Å²) in [7, 11) is 0. The summed E-state index contributed by atoms with van der Waals surface area (Å²) in [5.41, 5.74) is 5.66. The molecule has 2 N–H and O–H groups in total. The van der Waals surface area contributed by atoms with E-state index in [1.54, 1.807) is 0 Å². The Hall–Kier alpha value is -3.94. The van der Waals surface area contributed by atoms with Gasteiger partial charge in [-0.15, -0.1) is 0 Å². The largest absolute Gasteiger partial charge is 0.506 e. The SMILES string of the molecule is CC(=O)N=C1C=C2C(=CC1=C1C(=O)C(c3cc4c(cc3NC(C)=O)N(C(C)C)C(C)C4(C)C)=C1O)C(C)(C)C(C)N2C(C)C. The first-order valence-corrected chi connectivity index (χ1v) is 15.6. The molecule has 0 spiro atoms. The van der Waals surface area contributed by atoms with Crippen molar-refractivity contribution in [3.8, 4) is 0 Å². The lowest BCUT2D eigenvalue weighted by Gasteiger charge is -2.34. The molecule has 2 heterocycles. The predicted molar refractivity (Wildman–Crippen MR) is 177 cm³/mol. The molecule has 5 rings (SSSR count). The highest BCUT2D eigenvalue weighted by Crippen LogP contribution is 2.53. The van der Waals surface area contributed by atoms with Gasteiger partial charge in [-0.25, -0.2) is 4.99 Å². The van der Waals surface area contributed by atoms with Gasteiger partial charge in [-0.1, -0.05) is 27.7 Å². The maximum atomic E-state index is 14.1. The highest BCUT2D eigenvalue weighted by molar-refractivity contribution is 6.42.